The summed E-state index contributed by atoms with van der Waals surface area (Å²) in [7, 11) is 1.56. The number of hydrogen-bond donors (Lipinski definition) is 0. The van der Waals surface area contributed by atoms with Crippen LogP contribution in [0.15, 0.2) is 12.3 Å². The highest BCUT2D eigenvalue weighted by Crippen LogP contribution is 2.21. The number of methoxy groups -OCH3 is 1. The minimum atomic E-state index is -0.541. The Morgan fingerprint density at radius 3 is 2.64 bits per heavy atom. The number of rotatable bonds is 2. The fraction of sp³-hybridized carbons (Fsp3) is 0.625. The normalized spacial score (nSPS) is 23.9. The van der Waals surface area contributed by atoms with Crippen LogP contribution >= 0.6 is 0 Å². The Morgan fingerprint density at radius 1 is 1.64 bits per heavy atom. The molecule has 0 bridgehead atoms. The maximum Gasteiger partial charge on any atom is 0.202 e. The molecule has 1 heterocycles. The molecule has 3 heteroatoms. The quantitative estimate of drug-likeness (QED) is 0.595. The van der Waals surface area contributed by atoms with Crippen molar-refractivity contribution in [1.82, 2.24) is 0 Å². The van der Waals surface area contributed by atoms with Crippen molar-refractivity contribution < 1.29 is 14.3 Å². The van der Waals surface area contributed by atoms with Crippen LogP contribution in [0.5, 0.6) is 0 Å². The summed E-state index contributed by atoms with van der Waals surface area (Å²) >= 11 is 0. The molecule has 0 saturated carbocycles. The van der Waals surface area contributed by atoms with Crippen molar-refractivity contribution in [3.8, 4) is 0 Å². The molecule has 0 radical (unpaired) electrons. The standard InChI is InChI=1S/C8H12O3/c1-8(2,10-3)7-6(9)4-5-11-7/h4-5,7H,1-3H3. The van der Waals surface area contributed by atoms with Crippen molar-refractivity contribution in [3.05, 3.63) is 12.3 Å². The smallest absolute Gasteiger partial charge is 0.202 e. The zero-order chi connectivity index (χ0) is 8.48. The van der Waals surface area contributed by atoms with Crippen molar-refractivity contribution in [2.45, 2.75) is 25.6 Å². The van der Waals surface area contributed by atoms with Crippen LogP contribution in [0.25, 0.3) is 0 Å². The highest BCUT2D eigenvalue weighted by atomic mass is 16.5. The lowest BCUT2D eigenvalue weighted by Crippen LogP contribution is -2.42. The van der Waals surface area contributed by atoms with Gasteiger partial charge in [-0.2, -0.15) is 0 Å². The Balaban J connectivity index is 2.69. The molecule has 0 aromatic rings. The van der Waals surface area contributed by atoms with Gasteiger partial charge >= 0.3 is 0 Å². The maximum atomic E-state index is 11.1. The molecule has 0 aromatic heterocycles. The van der Waals surface area contributed by atoms with Crippen LogP contribution in [-0.2, 0) is 14.3 Å². The van der Waals surface area contributed by atoms with Gasteiger partial charge in [-0.05, 0) is 13.8 Å². The third-order valence-corrected chi connectivity index (χ3v) is 1.86. The summed E-state index contributed by atoms with van der Waals surface area (Å²) in [5.74, 6) is -0.0307. The van der Waals surface area contributed by atoms with E-state index in [-0.39, 0.29) is 5.78 Å². The lowest BCUT2D eigenvalue weighted by atomic mass is 9.99. The summed E-state index contributed by atoms with van der Waals surface area (Å²) in [6, 6.07) is 0. The van der Waals surface area contributed by atoms with E-state index in [9.17, 15) is 4.79 Å². The Kier molecular flexibility index (Phi) is 2.00. The second kappa shape index (κ2) is 2.66. The van der Waals surface area contributed by atoms with E-state index in [1.54, 1.807) is 7.11 Å². The van der Waals surface area contributed by atoms with Crippen LogP contribution in [0.2, 0.25) is 0 Å². The maximum absolute atomic E-state index is 11.1. The molecule has 0 aromatic carbocycles. The van der Waals surface area contributed by atoms with Crippen molar-refractivity contribution in [2.75, 3.05) is 7.11 Å². The SMILES string of the molecule is COC(C)(C)C1OC=CC1=O. The van der Waals surface area contributed by atoms with E-state index < -0.39 is 11.7 Å². The molecule has 0 fully saturated rings. The molecule has 1 unspecified atom stereocenters. The Morgan fingerprint density at radius 2 is 2.27 bits per heavy atom. The zero-order valence-electron chi connectivity index (χ0n) is 6.96. The van der Waals surface area contributed by atoms with E-state index in [1.165, 1.54) is 12.3 Å². The Hall–Kier alpha value is -0.830. The van der Waals surface area contributed by atoms with Gasteiger partial charge in [-0.25, -0.2) is 0 Å². The van der Waals surface area contributed by atoms with Crippen molar-refractivity contribution >= 4 is 5.78 Å². The second-order valence-corrected chi connectivity index (χ2v) is 3.03. The molecule has 11 heavy (non-hydrogen) atoms. The molecule has 62 valence electrons. The van der Waals surface area contributed by atoms with Crippen molar-refractivity contribution in [2.24, 2.45) is 0 Å². The lowest BCUT2D eigenvalue weighted by molar-refractivity contribution is -0.135. The lowest BCUT2D eigenvalue weighted by Gasteiger charge is -2.27. The fourth-order valence-corrected chi connectivity index (χ4v) is 0.953. The molecule has 0 spiro atoms. The second-order valence-electron chi connectivity index (χ2n) is 3.03. The van der Waals surface area contributed by atoms with Gasteiger partial charge in [-0.1, -0.05) is 0 Å². The van der Waals surface area contributed by atoms with Crippen molar-refractivity contribution in [1.29, 1.82) is 0 Å². The first-order chi connectivity index (χ1) is 5.08. The average Bonchev–Trinajstić information content (AvgIpc) is 2.36. The van der Waals surface area contributed by atoms with Crippen LogP contribution in [0.4, 0.5) is 0 Å². The van der Waals surface area contributed by atoms with E-state index >= 15 is 0 Å². The first-order valence-electron chi connectivity index (χ1n) is 3.49. The number of carbonyl (C=O) groups excluding carboxylic acids is 1. The molecular weight excluding hydrogens is 144 g/mol. The summed E-state index contributed by atoms with van der Waals surface area (Å²) in [5, 5.41) is 0. The third-order valence-electron chi connectivity index (χ3n) is 1.86. The van der Waals surface area contributed by atoms with Crippen LogP contribution in [0, 0.1) is 0 Å². The van der Waals surface area contributed by atoms with Gasteiger partial charge < -0.3 is 9.47 Å². The van der Waals surface area contributed by atoms with Crippen LogP contribution in [0.3, 0.4) is 0 Å². The first-order valence-corrected chi connectivity index (χ1v) is 3.49. The van der Waals surface area contributed by atoms with E-state index in [1.807, 2.05) is 13.8 Å². The molecule has 0 aliphatic carbocycles. The molecule has 0 N–H and O–H groups in total. The molecule has 0 saturated heterocycles. The minimum absolute atomic E-state index is 0.0307. The van der Waals surface area contributed by atoms with Gasteiger partial charge in [0, 0.05) is 13.2 Å². The molecule has 1 atom stereocenters. The topological polar surface area (TPSA) is 35.5 Å². The highest BCUT2D eigenvalue weighted by molar-refractivity contribution is 5.95. The molecule has 0 amide bonds. The Labute approximate surface area is 66.0 Å². The van der Waals surface area contributed by atoms with E-state index in [0.29, 0.717) is 0 Å². The largest absolute Gasteiger partial charge is 0.487 e. The predicted molar refractivity (Wildman–Crippen MR) is 40.1 cm³/mol. The van der Waals surface area contributed by atoms with E-state index in [4.69, 9.17) is 9.47 Å². The van der Waals surface area contributed by atoms with Gasteiger partial charge in [0.15, 0.2) is 6.10 Å². The van der Waals surface area contributed by atoms with Crippen molar-refractivity contribution in [3.63, 3.8) is 0 Å². The summed E-state index contributed by atoms with van der Waals surface area (Å²) in [4.78, 5) is 11.1. The average molecular weight is 156 g/mol. The van der Waals surface area contributed by atoms with Gasteiger partial charge in [-0.3, -0.25) is 4.79 Å². The number of carbonyl (C=O) groups is 1. The predicted octanol–water partition coefficient (Wildman–Crippen LogP) is 0.893. The summed E-state index contributed by atoms with van der Waals surface area (Å²) in [6.45, 7) is 3.64. The summed E-state index contributed by atoms with van der Waals surface area (Å²) in [6.07, 6.45) is 2.35. The van der Waals surface area contributed by atoms with Gasteiger partial charge in [0.1, 0.15) is 5.60 Å². The van der Waals surface area contributed by atoms with Gasteiger partial charge in [-0.15, -0.1) is 0 Å². The summed E-state index contributed by atoms with van der Waals surface area (Å²) < 4.78 is 10.2. The number of hydrogen-bond acceptors (Lipinski definition) is 3. The van der Waals surface area contributed by atoms with Crippen LogP contribution in [-0.4, -0.2) is 24.6 Å². The van der Waals surface area contributed by atoms with Gasteiger partial charge in [0.05, 0.1) is 6.26 Å². The molecular formula is C8H12O3. The van der Waals surface area contributed by atoms with Gasteiger partial charge in [0.25, 0.3) is 0 Å². The summed E-state index contributed by atoms with van der Waals surface area (Å²) in [5.41, 5.74) is -0.541. The Bertz CT molecular complexity index is 194. The monoisotopic (exact) mass is 156 g/mol. The highest BCUT2D eigenvalue weighted by Gasteiger charge is 2.37. The van der Waals surface area contributed by atoms with Crippen LogP contribution in [0.1, 0.15) is 13.8 Å². The number of ether oxygens (including phenoxy) is 2. The minimum Gasteiger partial charge on any atom is -0.487 e. The van der Waals surface area contributed by atoms with E-state index in [0.717, 1.165) is 0 Å². The first kappa shape index (κ1) is 8.27. The molecule has 1 rings (SSSR count). The van der Waals surface area contributed by atoms with E-state index in [2.05, 4.69) is 0 Å². The van der Waals surface area contributed by atoms with Crippen LogP contribution < -0.4 is 0 Å². The molecule has 1 aliphatic heterocycles. The molecule has 3 nitrogen and oxygen atoms in total. The molecule has 1 aliphatic rings. The fourth-order valence-electron chi connectivity index (χ4n) is 0.953. The number of ketones is 1. The third kappa shape index (κ3) is 1.43. The van der Waals surface area contributed by atoms with Gasteiger partial charge in [0.2, 0.25) is 5.78 Å². The zero-order valence-corrected chi connectivity index (χ0v) is 6.96.